The molecular weight excluding hydrogens is 516 g/mol. The number of benzene rings is 2. The largest absolute Gasteiger partial charge is 0.497 e. The van der Waals surface area contributed by atoms with Crippen LogP contribution in [0.1, 0.15) is 26.3 Å². The molecule has 0 aliphatic rings. The molecule has 0 saturated heterocycles. The third-order valence-electron chi connectivity index (χ3n) is 5.65. The van der Waals surface area contributed by atoms with Gasteiger partial charge in [-0.2, -0.15) is 0 Å². The quantitative estimate of drug-likeness (QED) is 0.192. The Morgan fingerprint density at radius 2 is 1.38 bits per heavy atom. The molecule has 0 aliphatic heterocycles. The van der Waals surface area contributed by atoms with Gasteiger partial charge in [-0.1, -0.05) is 18.2 Å². The van der Waals surface area contributed by atoms with Crippen LogP contribution in [0.5, 0.6) is 11.5 Å². The molecule has 9 heteroatoms. The summed E-state index contributed by atoms with van der Waals surface area (Å²) in [5.41, 5.74) is 3.35. The van der Waals surface area contributed by atoms with Gasteiger partial charge in [-0.15, -0.1) is 0 Å². The van der Waals surface area contributed by atoms with Gasteiger partial charge in [-0.25, -0.2) is 9.97 Å². The zero-order valence-corrected chi connectivity index (χ0v) is 22.0. The van der Waals surface area contributed by atoms with Gasteiger partial charge in [-0.3, -0.25) is 9.59 Å². The first-order valence-corrected chi connectivity index (χ1v) is 12.2. The van der Waals surface area contributed by atoms with Crippen LogP contribution in [0.25, 0.3) is 22.1 Å². The Labute approximate surface area is 229 Å². The molecule has 2 aromatic carbocycles. The van der Waals surface area contributed by atoms with Crippen LogP contribution in [0.2, 0.25) is 0 Å². The monoisotopic (exact) mass is 540 g/mol. The number of hydrogen-bond acceptors (Lipinski definition) is 6. The lowest BCUT2D eigenvalue weighted by Crippen LogP contribution is -2.00. The van der Waals surface area contributed by atoms with Gasteiger partial charge >= 0.3 is 0 Å². The molecule has 0 radical (unpaired) electrons. The van der Waals surface area contributed by atoms with Crippen molar-refractivity contribution in [3.63, 3.8) is 0 Å². The number of ether oxygens (including phenoxy) is 2. The second kappa shape index (κ2) is 13.0. The number of ketones is 1. The molecule has 6 aromatic rings. The van der Waals surface area contributed by atoms with E-state index in [2.05, 4.69) is 19.9 Å². The summed E-state index contributed by atoms with van der Waals surface area (Å²) in [4.78, 5) is 37.4. The van der Waals surface area contributed by atoms with E-state index < -0.39 is 5.24 Å². The minimum atomic E-state index is -0.469. The summed E-state index contributed by atoms with van der Waals surface area (Å²) in [6.45, 7) is 0. The molecule has 4 heterocycles. The van der Waals surface area contributed by atoms with Crippen LogP contribution in [0.15, 0.2) is 104 Å². The number of methoxy groups -OCH3 is 2. The van der Waals surface area contributed by atoms with Gasteiger partial charge in [0, 0.05) is 52.3 Å². The normalized spacial score (nSPS) is 10.1. The number of nitrogens with zero attached hydrogens (tertiary/aromatic N) is 2. The molecule has 0 unspecified atom stereocenters. The van der Waals surface area contributed by atoms with Crippen molar-refractivity contribution in [1.82, 2.24) is 19.9 Å². The fraction of sp³-hybridized carbons (Fsp3) is 0.0667. The molecular formula is C30H25ClN4O4. The standard InChI is InChI=1S/C15H12N2O2.C8H7ClO2.C7H6N2/c1-19-11-5-2-4-10(8-11)14(18)13-9-17-15-12(13)6-3-7-16-15;1-11-7-4-2-3-6(5-7)8(9)10;1-2-6-3-5-9-7(6)8-4-1/h2-9H,1H3,(H,16,17);2-5H,1H3;1-5H,(H,8,9). The van der Waals surface area contributed by atoms with E-state index in [4.69, 9.17) is 21.1 Å². The van der Waals surface area contributed by atoms with Gasteiger partial charge in [-0.05, 0) is 72.3 Å². The fourth-order valence-electron chi connectivity index (χ4n) is 3.69. The number of rotatable bonds is 5. The Kier molecular flexibility index (Phi) is 9.05. The molecule has 0 atom stereocenters. The molecule has 8 nitrogen and oxygen atoms in total. The van der Waals surface area contributed by atoms with E-state index in [-0.39, 0.29) is 5.78 Å². The fourth-order valence-corrected chi connectivity index (χ4v) is 3.81. The summed E-state index contributed by atoms with van der Waals surface area (Å²) >= 11 is 5.24. The summed E-state index contributed by atoms with van der Waals surface area (Å²) in [5.74, 6) is 1.26. The highest BCUT2D eigenvalue weighted by atomic mass is 35.5. The number of H-pyrrole nitrogens is 2. The lowest BCUT2D eigenvalue weighted by Gasteiger charge is -2.03. The number of carbonyl (C=O) groups is 2. The molecule has 6 rings (SSSR count). The number of pyridine rings is 2. The van der Waals surface area contributed by atoms with Crippen molar-refractivity contribution < 1.29 is 19.1 Å². The number of aromatic amines is 2. The summed E-state index contributed by atoms with van der Waals surface area (Å²) < 4.78 is 10.0. The van der Waals surface area contributed by atoms with Crippen molar-refractivity contribution in [2.45, 2.75) is 0 Å². The van der Waals surface area contributed by atoms with E-state index in [1.54, 1.807) is 68.2 Å². The van der Waals surface area contributed by atoms with Gasteiger partial charge in [0.2, 0.25) is 0 Å². The first-order chi connectivity index (χ1) is 19.0. The average Bonchev–Trinajstić information content (AvgIpc) is 3.65. The maximum absolute atomic E-state index is 12.5. The summed E-state index contributed by atoms with van der Waals surface area (Å²) in [5, 5.41) is 1.52. The van der Waals surface area contributed by atoms with Gasteiger partial charge in [0.1, 0.15) is 22.8 Å². The lowest BCUT2D eigenvalue weighted by molar-refractivity contribution is 0.103. The molecule has 0 spiro atoms. The third-order valence-corrected chi connectivity index (χ3v) is 5.86. The predicted molar refractivity (Wildman–Crippen MR) is 152 cm³/mol. The zero-order chi connectivity index (χ0) is 27.6. The number of fused-ring (bicyclic) bond motifs is 2. The minimum Gasteiger partial charge on any atom is -0.497 e. The second-order valence-corrected chi connectivity index (χ2v) is 8.43. The van der Waals surface area contributed by atoms with Crippen LogP contribution < -0.4 is 9.47 Å². The topological polar surface area (TPSA) is 110 Å². The Bertz CT molecular complexity index is 1680. The van der Waals surface area contributed by atoms with E-state index in [1.807, 2.05) is 42.6 Å². The Balaban J connectivity index is 0.000000149. The van der Waals surface area contributed by atoms with Crippen molar-refractivity contribution in [1.29, 1.82) is 0 Å². The molecule has 0 fully saturated rings. The van der Waals surface area contributed by atoms with Gasteiger partial charge < -0.3 is 19.4 Å². The van der Waals surface area contributed by atoms with Crippen LogP contribution in [-0.4, -0.2) is 45.2 Å². The molecule has 2 N–H and O–H groups in total. The first kappa shape index (κ1) is 27.1. The van der Waals surface area contributed by atoms with E-state index in [1.165, 1.54) is 7.11 Å². The Morgan fingerprint density at radius 3 is 2.05 bits per heavy atom. The highest BCUT2D eigenvalue weighted by Crippen LogP contribution is 2.21. The van der Waals surface area contributed by atoms with Gasteiger partial charge in [0.15, 0.2) is 5.78 Å². The maximum Gasteiger partial charge on any atom is 0.252 e. The van der Waals surface area contributed by atoms with Crippen molar-refractivity contribution in [3.05, 3.63) is 120 Å². The van der Waals surface area contributed by atoms with Crippen molar-refractivity contribution in [2.24, 2.45) is 0 Å². The van der Waals surface area contributed by atoms with Crippen molar-refractivity contribution >= 4 is 44.7 Å². The van der Waals surface area contributed by atoms with Crippen LogP contribution in [0.3, 0.4) is 0 Å². The number of carbonyl (C=O) groups excluding carboxylic acids is 2. The molecule has 4 aromatic heterocycles. The van der Waals surface area contributed by atoms with Crippen molar-refractivity contribution in [3.8, 4) is 11.5 Å². The van der Waals surface area contributed by atoms with Crippen LogP contribution in [0, 0.1) is 0 Å². The van der Waals surface area contributed by atoms with Crippen LogP contribution in [0.4, 0.5) is 0 Å². The Morgan fingerprint density at radius 1 is 0.744 bits per heavy atom. The second-order valence-electron chi connectivity index (χ2n) is 8.09. The van der Waals surface area contributed by atoms with Crippen molar-refractivity contribution in [2.75, 3.05) is 14.2 Å². The highest BCUT2D eigenvalue weighted by molar-refractivity contribution is 6.67. The van der Waals surface area contributed by atoms with Gasteiger partial charge in [0.05, 0.1) is 14.2 Å². The smallest absolute Gasteiger partial charge is 0.252 e. The van der Waals surface area contributed by atoms with E-state index >= 15 is 0 Å². The van der Waals surface area contributed by atoms with E-state index in [0.29, 0.717) is 33.8 Å². The van der Waals surface area contributed by atoms with Crippen LogP contribution in [-0.2, 0) is 0 Å². The summed E-state index contributed by atoms with van der Waals surface area (Å²) in [6.07, 6.45) is 7.05. The average molecular weight is 541 g/mol. The molecule has 0 aliphatic carbocycles. The van der Waals surface area contributed by atoms with E-state index in [0.717, 1.165) is 16.4 Å². The van der Waals surface area contributed by atoms with Gasteiger partial charge in [0.25, 0.3) is 5.24 Å². The maximum atomic E-state index is 12.5. The molecule has 0 saturated carbocycles. The number of halogens is 1. The third kappa shape index (κ3) is 6.88. The molecule has 0 amide bonds. The SMILES string of the molecule is COc1cccc(C(=O)Cl)c1.COc1cccc(C(=O)c2c[nH]c3ncccc23)c1.c1cnc2[nH]ccc2c1. The van der Waals surface area contributed by atoms with E-state index in [9.17, 15) is 9.59 Å². The summed E-state index contributed by atoms with van der Waals surface area (Å²) in [7, 11) is 3.12. The number of hydrogen-bond donors (Lipinski definition) is 2. The zero-order valence-electron chi connectivity index (χ0n) is 21.2. The predicted octanol–water partition coefficient (Wildman–Crippen LogP) is 6.44. The molecule has 0 bridgehead atoms. The first-order valence-electron chi connectivity index (χ1n) is 11.8. The number of nitrogens with one attached hydrogen (secondary N) is 2. The summed E-state index contributed by atoms with van der Waals surface area (Å²) in [6, 6.07) is 23.5. The molecule has 39 heavy (non-hydrogen) atoms. The van der Waals surface area contributed by atoms with Crippen LogP contribution >= 0.6 is 11.6 Å². The highest BCUT2D eigenvalue weighted by Gasteiger charge is 2.14. The lowest BCUT2D eigenvalue weighted by atomic mass is 10.0. The number of aromatic nitrogens is 4. The minimum absolute atomic E-state index is 0.0434. The molecule has 196 valence electrons. The Hall–Kier alpha value is -4.95.